The molecule has 2 saturated carbocycles. The maximum atomic E-state index is 12.9. The molecule has 2 aliphatic carbocycles. The third kappa shape index (κ3) is 7.41. The lowest BCUT2D eigenvalue weighted by molar-refractivity contribution is -0.144. The molecule has 10 nitrogen and oxygen atoms in total. The van der Waals surface area contributed by atoms with Crippen molar-refractivity contribution in [3.05, 3.63) is 54.1 Å². The smallest absolute Gasteiger partial charge is 0.407 e. The van der Waals surface area contributed by atoms with Gasteiger partial charge in [-0.05, 0) is 89.3 Å². The number of hydrogen-bond acceptors (Lipinski definition) is 9. The van der Waals surface area contributed by atoms with E-state index in [4.69, 9.17) is 23.5 Å². The molecule has 7 atom stereocenters. The van der Waals surface area contributed by atoms with E-state index in [1.165, 1.54) is 0 Å². The van der Waals surface area contributed by atoms with Gasteiger partial charge in [0.05, 0.1) is 43.3 Å². The molecule has 3 fully saturated rings. The van der Waals surface area contributed by atoms with Crippen LogP contribution in [-0.4, -0.2) is 54.0 Å². The standard InChI is InChI=1S/C33H44N3O7P/c1-5-40-33(38)36-26-13-14-28-24(16-26)17-30-31(21(4)43-32(30)37)29(28)15-12-25-10-8-22(18-34-25)23-9-11-27(35-19-23)20-44(39,41-6-2)42-7-3/h8-12,15,18-19,21,24,26,28-31H,5-7,13-14,16-17,20H2,1-4H3,(H,36,38)/b15-12+/t21-,24+,26-,28-,29+,30-,31+/m1/s1. The highest BCUT2D eigenvalue weighted by Crippen LogP contribution is 2.54. The summed E-state index contributed by atoms with van der Waals surface area (Å²) in [5, 5.41) is 3.01. The van der Waals surface area contributed by atoms with Gasteiger partial charge in [0.1, 0.15) is 6.10 Å². The largest absolute Gasteiger partial charge is 0.462 e. The quantitative estimate of drug-likeness (QED) is 0.216. The Balaban J connectivity index is 1.27. The van der Waals surface area contributed by atoms with Gasteiger partial charge >= 0.3 is 19.7 Å². The molecule has 44 heavy (non-hydrogen) atoms. The molecule has 3 heterocycles. The van der Waals surface area contributed by atoms with Crippen LogP contribution >= 0.6 is 7.60 Å². The van der Waals surface area contributed by atoms with E-state index in [0.29, 0.717) is 37.4 Å². The highest BCUT2D eigenvalue weighted by atomic mass is 31.2. The van der Waals surface area contributed by atoms with Crippen LogP contribution in [0.5, 0.6) is 0 Å². The number of carbonyl (C=O) groups excluding carboxylic acids is 2. The fourth-order valence-corrected chi connectivity index (χ4v) is 9.01. The van der Waals surface area contributed by atoms with E-state index in [2.05, 4.69) is 22.5 Å². The van der Waals surface area contributed by atoms with Crippen LogP contribution in [0, 0.1) is 29.6 Å². The van der Waals surface area contributed by atoms with Crippen LogP contribution in [-0.2, 0) is 34.0 Å². The van der Waals surface area contributed by atoms with Crippen LogP contribution in [0.2, 0.25) is 0 Å². The summed E-state index contributed by atoms with van der Waals surface area (Å²) >= 11 is 0. The van der Waals surface area contributed by atoms with E-state index in [9.17, 15) is 14.2 Å². The fraction of sp³-hybridized carbons (Fsp3) is 0.576. The number of nitrogens with one attached hydrogen (secondary N) is 1. The van der Waals surface area contributed by atoms with Gasteiger partial charge in [-0.2, -0.15) is 0 Å². The molecule has 5 rings (SSSR count). The number of alkyl carbamates (subject to hydrolysis) is 1. The van der Waals surface area contributed by atoms with Crippen molar-refractivity contribution in [3.8, 4) is 11.1 Å². The number of nitrogens with zero attached hydrogens (tertiary/aromatic N) is 2. The summed E-state index contributed by atoms with van der Waals surface area (Å²) in [6.45, 7) is 8.36. The van der Waals surface area contributed by atoms with Crippen molar-refractivity contribution in [2.24, 2.45) is 29.6 Å². The lowest BCUT2D eigenvalue weighted by Gasteiger charge is -2.47. The number of hydrogen-bond donors (Lipinski definition) is 1. The lowest BCUT2D eigenvalue weighted by Crippen LogP contribution is -2.48. The van der Waals surface area contributed by atoms with Crippen LogP contribution in [0.3, 0.4) is 0 Å². The molecule has 1 saturated heterocycles. The van der Waals surface area contributed by atoms with Crippen molar-refractivity contribution in [1.29, 1.82) is 0 Å². The van der Waals surface area contributed by atoms with E-state index < -0.39 is 7.60 Å². The second-order valence-electron chi connectivity index (χ2n) is 11.9. The molecule has 0 unspecified atom stereocenters. The zero-order valence-corrected chi connectivity index (χ0v) is 26.9. The summed E-state index contributed by atoms with van der Waals surface area (Å²) in [6, 6.07) is 7.83. The number of aromatic nitrogens is 2. The van der Waals surface area contributed by atoms with Crippen molar-refractivity contribution >= 4 is 25.7 Å². The summed E-state index contributed by atoms with van der Waals surface area (Å²) < 4.78 is 34.5. The molecule has 2 aromatic heterocycles. The summed E-state index contributed by atoms with van der Waals surface area (Å²) in [6.07, 6.45) is 11.0. The van der Waals surface area contributed by atoms with Gasteiger partial charge in [0.15, 0.2) is 0 Å². The summed E-state index contributed by atoms with van der Waals surface area (Å²) in [4.78, 5) is 34.0. The topological polar surface area (TPSA) is 126 Å². The number of rotatable bonds is 11. The van der Waals surface area contributed by atoms with Gasteiger partial charge in [-0.25, -0.2) is 4.79 Å². The van der Waals surface area contributed by atoms with Crippen LogP contribution in [0.15, 0.2) is 42.7 Å². The summed E-state index contributed by atoms with van der Waals surface area (Å²) in [7, 11) is -3.22. The maximum Gasteiger partial charge on any atom is 0.407 e. The third-order valence-electron chi connectivity index (χ3n) is 9.19. The Kier molecular flexibility index (Phi) is 10.5. The molecule has 1 N–H and O–H groups in total. The molecule has 3 aliphatic rings. The Morgan fingerprint density at radius 2 is 1.75 bits per heavy atom. The van der Waals surface area contributed by atoms with Gasteiger partial charge in [0.2, 0.25) is 0 Å². The average molecular weight is 626 g/mol. The molecule has 0 bridgehead atoms. The summed E-state index contributed by atoms with van der Waals surface area (Å²) in [5.74, 6) is 0.843. The van der Waals surface area contributed by atoms with Crippen molar-refractivity contribution in [2.75, 3.05) is 19.8 Å². The molecule has 1 aliphatic heterocycles. The number of esters is 1. The first kappa shape index (κ1) is 32.3. The van der Waals surface area contributed by atoms with E-state index in [1.807, 2.05) is 37.4 Å². The van der Waals surface area contributed by atoms with Crippen LogP contribution in [0.4, 0.5) is 4.79 Å². The minimum absolute atomic E-state index is 0.0583. The lowest BCUT2D eigenvalue weighted by atomic mass is 9.57. The van der Waals surface area contributed by atoms with Gasteiger partial charge in [-0.15, -0.1) is 0 Å². The van der Waals surface area contributed by atoms with E-state index >= 15 is 0 Å². The summed E-state index contributed by atoms with van der Waals surface area (Å²) in [5.41, 5.74) is 3.31. The number of amides is 1. The highest BCUT2D eigenvalue weighted by molar-refractivity contribution is 7.53. The highest BCUT2D eigenvalue weighted by Gasteiger charge is 2.54. The van der Waals surface area contributed by atoms with Crippen molar-refractivity contribution in [3.63, 3.8) is 0 Å². The van der Waals surface area contributed by atoms with E-state index in [0.717, 1.165) is 42.5 Å². The minimum atomic E-state index is -3.22. The monoisotopic (exact) mass is 625 g/mol. The Labute approximate surface area is 259 Å². The first-order valence-electron chi connectivity index (χ1n) is 15.8. The number of ether oxygens (including phenoxy) is 2. The van der Waals surface area contributed by atoms with E-state index in [1.54, 1.807) is 27.0 Å². The predicted octanol–water partition coefficient (Wildman–Crippen LogP) is 6.65. The van der Waals surface area contributed by atoms with Crippen LogP contribution in [0.1, 0.15) is 64.8 Å². The van der Waals surface area contributed by atoms with Gasteiger partial charge in [0.25, 0.3) is 0 Å². The molecule has 0 radical (unpaired) electrons. The zero-order valence-electron chi connectivity index (χ0n) is 26.0. The first-order valence-corrected chi connectivity index (χ1v) is 17.6. The first-order chi connectivity index (χ1) is 21.2. The van der Waals surface area contributed by atoms with Crippen molar-refractivity contribution in [1.82, 2.24) is 15.3 Å². The Morgan fingerprint density at radius 1 is 1.02 bits per heavy atom. The third-order valence-corrected chi connectivity index (χ3v) is 11.2. The van der Waals surface area contributed by atoms with Gasteiger partial charge in [-0.1, -0.05) is 18.2 Å². The zero-order chi connectivity index (χ0) is 31.3. The van der Waals surface area contributed by atoms with Crippen LogP contribution in [0.25, 0.3) is 17.2 Å². The van der Waals surface area contributed by atoms with Gasteiger partial charge in [0, 0.05) is 35.5 Å². The molecule has 2 aromatic rings. The number of pyridine rings is 2. The average Bonchev–Trinajstić information content (AvgIpc) is 3.28. The van der Waals surface area contributed by atoms with E-state index in [-0.39, 0.29) is 48.1 Å². The molecule has 1 amide bonds. The van der Waals surface area contributed by atoms with Gasteiger partial charge in [-0.3, -0.25) is 19.3 Å². The molecule has 0 aromatic carbocycles. The predicted molar refractivity (Wildman–Crippen MR) is 166 cm³/mol. The fourth-order valence-electron chi connectivity index (χ4n) is 7.38. The number of cyclic esters (lactones) is 1. The molecular weight excluding hydrogens is 581 g/mol. The number of carbonyl (C=O) groups is 2. The Hall–Kier alpha value is -3.07. The Morgan fingerprint density at radius 3 is 2.39 bits per heavy atom. The Bertz CT molecular complexity index is 1360. The number of fused-ring (bicyclic) bond motifs is 2. The molecule has 0 spiro atoms. The second-order valence-corrected chi connectivity index (χ2v) is 14.0. The molecule has 238 valence electrons. The second kappa shape index (κ2) is 14.4. The van der Waals surface area contributed by atoms with Crippen LogP contribution < -0.4 is 5.32 Å². The minimum Gasteiger partial charge on any atom is -0.462 e. The molecular formula is C33H44N3O7P. The molecule has 11 heteroatoms. The van der Waals surface area contributed by atoms with Crippen molar-refractivity contribution in [2.45, 2.75) is 71.7 Å². The maximum absolute atomic E-state index is 12.9. The van der Waals surface area contributed by atoms with Gasteiger partial charge < -0.3 is 23.8 Å². The SMILES string of the molecule is CCOC(=O)N[C@@H]1CC[C@@H]2[C@@H](C1)C[C@H]1C(=O)O[C@H](C)[C@H]1[C@H]2/C=C/c1ccc(-c2ccc(CP(=O)(OCC)OCC)nc2)cn1. The van der Waals surface area contributed by atoms with Crippen molar-refractivity contribution < 1.29 is 32.7 Å². The number of allylic oxidation sites excluding steroid dienone is 1. The normalized spacial score (nSPS) is 28.3.